The summed E-state index contributed by atoms with van der Waals surface area (Å²) in [5, 5.41) is 5.99. The number of benzene rings is 5. The molecule has 0 atom stereocenters. The lowest BCUT2D eigenvalue weighted by Gasteiger charge is -2.24. The van der Waals surface area contributed by atoms with Crippen LogP contribution in [-0.2, 0) is 0 Å². The summed E-state index contributed by atoms with van der Waals surface area (Å²) in [6, 6.07) is 29.3. The van der Waals surface area contributed by atoms with Crippen LogP contribution in [-0.4, -0.2) is 29.1 Å². The van der Waals surface area contributed by atoms with E-state index in [4.69, 9.17) is 58.0 Å². The fourth-order valence-corrected chi connectivity index (χ4v) is 8.16. The highest BCUT2D eigenvalue weighted by molar-refractivity contribution is 9.10. The van der Waals surface area contributed by atoms with Gasteiger partial charge in [0.15, 0.2) is 0 Å². The lowest BCUT2D eigenvalue weighted by molar-refractivity contribution is 0.844. The van der Waals surface area contributed by atoms with Crippen molar-refractivity contribution in [3.63, 3.8) is 0 Å². The topological polar surface area (TPSA) is 246 Å². The number of rotatable bonds is 7. The molecule has 326 valence electrons. The second kappa shape index (κ2) is 18.1. The van der Waals surface area contributed by atoms with Crippen molar-refractivity contribution in [1.29, 1.82) is 0 Å². The van der Waals surface area contributed by atoms with Gasteiger partial charge in [-0.1, -0.05) is 111 Å². The van der Waals surface area contributed by atoms with E-state index in [9.17, 15) is 19.2 Å². The molecule has 0 unspecified atom stereocenters. The van der Waals surface area contributed by atoms with Gasteiger partial charge in [-0.25, -0.2) is 30.4 Å². The van der Waals surface area contributed by atoms with Crippen LogP contribution in [0.4, 0.5) is 34.1 Å². The average molecular weight is 993 g/mol. The van der Waals surface area contributed by atoms with Gasteiger partial charge in [0.2, 0.25) is 0 Å². The number of fused-ring (bicyclic) bond motifs is 2. The molecular formula is C45H34BrCl3N12O4. The number of pyridine rings is 2. The predicted molar refractivity (Wildman–Crippen MR) is 263 cm³/mol. The molecule has 0 spiro atoms. The van der Waals surface area contributed by atoms with E-state index in [1.807, 2.05) is 36.4 Å². The third-order valence-corrected chi connectivity index (χ3v) is 11.7. The number of aryl methyl sites for hydroxylation is 1. The molecule has 0 aliphatic heterocycles. The van der Waals surface area contributed by atoms with E-state index in [1.54, 1.807) is 73.9 Å². The Hall–Kier alpha value is -7.25. The number of hydrogen-bond donors (Lipinski definition) is 6. The van der Waals surface area contributed by atoms with Crippen molar-refractivity contribution < 1.29 is 0 Å². The van der Waals surface area contributed by atoms with E-state index < -0.39 is 22.5 Å². The third kappa shape index (κ3) is 8.47. The number of hydrazine groups is 2. The van der Waals surface area contributed by atoms with Gasteiger partial charge in [0, 0.05) is 54.7 Å². The zero-order valence-electron chi connectivity index (χ0n) is 33.8. The molecule has 0 fully saturated rings. The van der Waals surface area contributed by atoms with E-state index >= 15 is 0 Å². The van der Waals surface area contributed by atoms with E-state index in [-0.39, 0.29) is 44.2 Å². The number of halogens is 4. The number of nitrogens with two attached hydrogens (primary N) is 4. The molecule has 20 heteroatoms. The van der Waals surface area contributed by atoms with Gasteiger partial charge in [-0.15, -0.1) is 0 Å². The molecule has 4 aromatic heterocycles. The second-order valence-electron chi connectivity index (χ2n) is 14.4. The molecule has 0 saturated carbocycles. The van der Waals surface area contributed by atoms with Crippen LogP contribution in [0.2, 0.25) is 15.1 Å². The summed E-state index contributed by atoms with van der Waals surface area (Å²) in [4.78, 5) is 67.4. The zero-order chi connectivity index (χ0) is 46.3. The molecule has 16 nitrogen and oxygen atoms in total. The second-order valence-corrected chi connectivity index (χ2v) is 16.5. The quantitative estimate of drug-likeness (QED) is 0.0505. The monoisotopic (exact) mass is 990 g/mol. The largest absolute Gasteiger partial charge is 0.397 e. The maximum atomic E-state index is 14.1. The molecule has 9 aromatic rings. The van der Waals surface area contributed by atoms with Crippen molar-refractivity contribution in [3.8, 4) is 22.6 Å². The van der Waals surface area contributed by atoms with Crippen LogP contribution in [0.3, 0.4) is 0 Å². The summed E-state index contributed by atoms with van der Waals surface area (Å²) in [6.07, 6.45) is 6.24. The summed E-state index contributed by atoms with van der Waals surface area (Å²) in [6.45, 7) is 1.61. The van der Waals surface area contributed by atoms with Crippen LogP contribution in [0.25, 0.3) is 44.2 Å². The minimum absolute atomic E-state index is 0.0742. The molecule has 0 radical (unpaired) electrons. The molecule has 9 rings (SSSR count). The molecular weight excluding hydrogens is 959 g/mol. The fraction of sp³-hybridized carbons (Fsp3) is 0.0222. The highest BCUT2D eigenvalue weighted by atomic mass is 79.9. The number of H-pyrrole nitrogens is 2. The molecule has 4 heterocycles. The molecule has 0 amide bonds. The summed E-state index contributed by atoms with van der Waals surface area (Å²) < 4.78 is 2.79. The zero-order valence-corrected chi connectivity index (χ0v) is 37.6. The van der Waals surface area contributed by atoms with Gasteiger partial charge in [-0.3, -0.25) is 29.6 Å². The number of anilines is 6. The standard InChI is InChI=1S/C25H17Cl3N6O2.C20H17BrN6O2/c26-15-6-3-5-13(8-15)22-23(34(30)20-10-18(28)17(27)9-19(20)29)24(35)33(25(36)32-22)21-12-31-11-14-4-1-2-7-16(14)21;1-11-18(27(23)16-7-6-13(21)8-15(16)22)19(28)26(20(29)25-11)17-10-24-9-12-4-2-3-5-14(12)17/h1-12H,29-30H2,(H,32,36);2-10H,22-23H2,1H3,(H,25,29). The van der Waals surface area contributed by atoms with E-state index in [2.05, 4.69) is 35.9 Å². The Morgan fingerprint density at radius 3 is 1.74 bits per heavy atom. The summed E-state index contributed by atoms with van der Waals surface area (Å²) in [5.74, 6) is 12.8. The molecule has 10 N–H and O–H groups in total. The molecule has 5 aromatic carbocycles. The van der Waals surface area contributed by atoms with Gasteiger partial charge in [-0.05, 0) is 49.4 Å². The van der Waals surface area contributed by atoms with Crippen molar-refractivity contribution in [1.82, 2.24) is 29.1 Å². The van der Waals surface area contributed by atoms with Gasteiger partial charge in [0.05, 0.1) is 62.3 Å². The van der Waals surface area contributed by atoms with Gasteiger partial charge < -0.3 is 21.4 Å². The minimum Gasteiger partial charge on any atom is -0.397 e. The van der Waals surface area contributed by atoms with E-state index in [0.29, 0.717) is 38.7 Å². The average Bonchev–Trinajstić information content (AvgIpc) is 3.27. The Bertz CT molecular complexity index is 3590. The Morgan fingerprint density at radius 2 is 1.14 bits per heavy atom. The first kappa shape index (κ1) is 44.4. The van der Waals surface area contributed by atoms with Crippen LogP contribution in [0.1, 0.15) is 5.69 Å². The van der Waals surface area contributed by atoms with Gasteiger partial charge in [-0.2, -0.15) is 0 Å². The first-order chi connectivity index (χ1) is 31.1. The Balaban J connectivity index is 0.000000181. The van der Waals surface area contributed by atoms with Crippen molar-refractivity contribution in [2.75, 3.05) is 21.5 Å². The lowest BCUT2D eigenvalue weighted by Crippen LogP contribution is -2.41. The van der Waals surface area contributed by atoms with E-state index in [1.165, 1.54) is 29.5 Å². The van der Waals surface area contributed by atoms with Gasteiger partial charge >= 0.3 is 11.4 Å². The Morgan fingerprint density at radius 1 is 0.600 bits per heavy atom. The fourth-order valence-electron chi connectivity index (χ4n) is 7.26. The van der Waals surface area contributed by atoms with Crippen LogP contribution >= 0.6 is 50.7 Å². The highest BCUT2D eigenvalue weighted by Crippen LogP contribution is 2.37. The van der Waals surface area contributed by atoms with Crippen LogP contribution in [0.15, 0.2) is 152 Å². The molecule has 0 bridgehead atoms. The van der Waals surface area contributed by atoms with Gasteiger partial charge in [0.25, 0.3) is 11.1 Å². The number of hydrogen-bond acceptors (Lipinski definition) is 12. The van der Waals surface area contributed by atoms with Crippen molar-refractivity contribution in [2.24, 2.45) is 11.7 Å². The number of nitrogens with zero attached hydrogens (tertiary/aromatic N) is 6. The molecule has 0 saturated heterocycles. The number of nitrogens with one attached hydrogen (secondary N) is 2. The number of aromatic amines is 2. The summed E-state index contributed by atoms with van der Waals surface area (Å²) in [7, 11) is 0. The Labute approximate surface area is 390 Å². The highest BCUT2D eigenvalue weighted by Gasteiger charge is 2.25. The van der Waals surface area contributed by atoms with Crippen LogP contribution in [0, 0.1) is 6.92 Å². The first-order valence-corrected chi connectivity index (χ1v) is 21.1. The predicted octanol–water partition coefficient (Wildman–Crippen LogP) is 8.03. The number of aromatic nitrogens is 6. The van der Waals surface area contributed by atoms with Crippen molar-refractivity contribution in [2.45, 2.75) is 6.92 Å². The lowest BCUT2D eigenvalue weighted by atomic mass is 10.1. The SMILES string of the molecule is Cc1[nH]c(=O)n(-c2cncc3ccccc23)c(=O)c1N(N)c1ccc(Br)cc1N.Nc1cc(Cl)c(Cl)cc1N(N)c1c(-c2cccc(Cl)c2)[nH]c(=O)n(-c2cncc3ccccc23)c1=O. The normalized spacial score (nSPS) is 11.1. The summed E-state index contributed by atoms with van der Waals surface area (Å²) >= 11 is 21.8. The van der Waals surface area contributed by atoms with Crippen LogP contribution in [0.5, 0.6) is 0 Å². The molecule has 65 heavy (non-hydrogen) atoms. The van der Waals surface area contributed by atoms with E-state index in [0.717, 1.165) is 34.8 Å². The van der Waals surface area contributed by atoms with Crippen molar-refractivity contribution >= 4 is 106 Å². The van der Waals surface area contributed by atoms with Crippen LogP contribution < -0.4 is 55.7 Å². The smallest absolute Gasteiger partial charge is 0.333 e. The first-order valence-electron chi connectivity index (χ1n) is 19.2. The van der Waals surface area contributed by atoms with Gasteiger partial charge in [0.1, 0.15) is 11.4 Å². The maximum Gasteiger partial charge on any atom is 0.333 e. The minimum atomic E-state index is -0.708. The summed E-state index contributed by atoms with van der Waals surface area (Å²) in [5.41, 5.74) is 12.5. The third-order valence-electron chi connectivity index (χ3n) is 10.3. The maximum absolute atomic E-state index is 14.1. The van der Waals surface area contributed by atoms with Crippen molar-refractivity contribution in [3.05, 3.63) is 195 Å². The molecule has 0 aliphatic carbocycles. The Kier molecular flexibility index (Phi) is 12.3. The number of nitrogen functional groups attached to an aromatic ring is 2. The molecule has 0 aliphatic rings.